The smallest absolute Gasteiger partial charge is 0.357 e. The number of rotatable bonds is 3. The highest BCUT2D eigenvalue weighted by Crippen LogP contribution is 2.25. The van der Waals surface area contributed by atoms with Crippen molar-refractivity contribution in [3.8, 4) is 11.3 Å². The fourth-order valence-corrected chi connectivity index (χ4v) is 2.04. The maximum absolute atomic E-state index is 12.1. The number of hydrogen-bond donors (Lipinski definition) is 3. The van der Waals surface area contributed by atoms with Gasteiger partial charge in [0, 0.05) is 26.2 Å². The Morgan fingerprint density at radius 1 is 1.32 bits per heavy atom. The van der Waals surface area contributed by atoms with Gasteiger partial charge in [-0.15, -0.1) is 0 Å². The second-order valence-corrected chi connectivity index (χ2v) is 4.56. The quantitative estimate of drug-likeness (QED) is 0.695. The zero-order chi connectivity index (χ0) is 15.7. The first-order valence-electron chi connectivity index (χ1n) is 6.26. The lowest BCUT2D eigenvalue weighted by atomic mass is 10.1. The molecule has 0 saturated heterocycles. The fraction of sp³-hybridized carbons (Fsp3) is 0.154. The maximum Gasteiger partial charge on any atom is 0.405 e. The summed E-state index contributed by atoms with van der Waals surface area (Å²) >= 11 is 0. The summed E-state index contributed by atoms with van der Waals surface area (Å²) in [6.07, 6.45) is 0.128. The number of fused-ring (bicyclic) bond motifs is 1. The summed E-state index contributed by atoms with van der Waals surface area (Å²) < 4.78 is 36.3. The minimum atomic E-state index is -4.45. The summed E-state index contributed by atoms with van der Waals surface area (Å²) in [4.78, 5) is 25.4. The lowest BCUT2D eigenvalue weighted by Crippen LogP contribution is -2.33. The Bertz CT molecular complexity index is 830. The van der Waals surface area contributed by atoms with Crippen molar-refractivity contribution >= 4 is 16.9 Å². The van der Waals surface area contributed by atoms with E-state index in [1.807, 2.05) is 0 Å². The van der Waals surface area contributed by atoms with Crippen LogP contribution in [0, 0.1) is 0 Å². The van der Waals surface area contributed by atoms with Crippen molar-refractivity contribution < 1.29 is 20.8 Å². The summed E-state index contributed by atoms with van der Waals surface area (Å²) in [6.45, 7) is -1.38. The van der Waals surface area contributed by atoms with Crippen LogP contribution >= 0.6 is 0 Å². The lowest BCUT2D eigenvalue weighted by molar-refractivity contribution is -0.123. The molecule has 3 aromatic heterocycles. The highest BCUT2D eigenvalue weighted by atomic mass is 19.4. The van der Waals surface area contributed by atoms with Crippen LogP contribution in [-0.2, 0) is 0 Å². The van der Waals surface area contributed by atoms with E-state index in [1.165, 1.54) is 18.6 Å². The molecule has 3 N–H and O–H groups in total. The number of H-pyrrole nitrogens is 2. The topological polar surface area (TPSA) is 86.5 Å². The van der Waals surface area contributed by atoms with Gasteiger partial charge in [-0.05, 0) is 12.1 Å². The zero-order valence-corrected chi connectivity index (χ0v) is 11.0. The minimum absolute atomic E-state index is 0. The van der Waals surface area contributed by atoms with Gasteiger partial charge in [-0.2, -0.15) is 13.2 Å². The van der Waals surface area contributed by atoms with Crippen molar-refractivity contribution in [2.45, 2.75) is 6.18 Å². The van der Waals surface area contributed by atoms with E-state index in [1.54, 1.807) is 17.6 Å². The Morgan fingerprint density at radius 3 is 2.91 bits per heavy atom. The van der Waals surface area contributed by atoms with E-state index in [-0.39, 0.29) is 8.55 Å². The fourth-order valence-electron chi connectivity index (χ4n) is 2.04. The standard InChI is InChI=1S/C13H10F3N5O.2H2/c14-13(15,16)5-19-12(22)9-3-7(4-18-9)10-8-1-2-17-11(8)21-6-20-10;;/h1-4,6,18H,5H2,(H,19,22)(H,17,20,21);2*1H. The van der Waals surface area contributed by atoms with Crippen LogP contribution in [0.25, 0.3) is 22.3 Å². The second kappa shape index (κ2) is 5.17. The molecule has 0 aromatic carbocycles. The molecule has 3 rings (SSSR count). The van der Waals surface area contributed by atoms with Crippen LogP contribution in [0.15, 0.2) is 30.9 Å². The molecule has 22 heavy (non-hydrogen) atoms. The zero-order valence-electron chi connectivity index (χ0n) is 11.0. The van der Waals surface area contributed by atoms with Crippen LogP contribution in [-0.4, -0.2) is 38.6 Å². The number of hydrogen-bond acceptors (Lipinski definition) is 3. The largest absolute Gasteiger partial charge is 0.405 e. The second-order valence-electron chi connectivity index (χ2n) is 4.56. The van der Waals surface area contributed by atoms with Gasteiger partial charge < -0.3 is 15.3 Å². The van der Waals surface area contributed by atoms with Crippen LogP contribution < -0.4 is 5.32 Å². The van der Waals surface area contributed by atoms with Crippen LogP contribution in [0.2, 0.25) is 0 Å². The SMILES string of the molecule is O=C(NCC(F)(F)F)c1cc(-c2ncnc3[nH]ccc23)c[nH]1.[HH].[HH]. The van der Waals surface area contributed by atoms with Crippen LogP contribution in [0.1, 0.15) is 13.3 Å². The van der Waals surface area contributed by atoms with Gasteiger partial charge in [-0.1, -0.05) is 0 Å². The summed E-state index contributed by atoms with van der Waals surface area (Å²) in [7, 11) is 0. The first kappa shape index (κ1) is 14.1. The Morgan fingerprint density at radius 2 is 2.14 bits per heavy atom. The predicted molar refractivity (Wildman–Crippen MR) is 76.3 cm³/mol. The number of alkyl halides is 3. The molecule has 118 valence electrons. The van der Waals surface area contributed by atoms with Gasteiger partial charge in [-0.25, -0.2) is 9.97 Å². The molecule has 3 aromatic rings. The van der Waals surface area contributed by atoms with Crippen molar-refractivity contribution in [3.63, 3.8) is 0 Å². The van der Waals surface area contributed by atoms with Crippen LogP contribution in [0.4, 0.5) is 13.2 Å². The van der Waals surface area contributed by atoms with E-state index in [4.69, 9.17) is 0 Å². The Balaban J connectivity index is 0.00000144. The van der Waals surface area contributed by atoms with E-state index < -0.39 is 18.6 Å². The molecule has 0 radical (unpaired) electrons. The minimum Gasteiger partial charge on any atom is -0.357 e. The number of aromatic nitrogens is 4. The van der Waals surface area contributed by atoms with Crippen molar-refractivity contribution in [2.24, 2.45) is 0 Å². The Kier molecular flexibility index (Phi) is 3.32. The van der Waals surface area contributed by atoms with E-state index in [0.29, 0.717) is 16.9 Å². The van der Waals surface area contributed by atoms with E-state index in [2.05, 4.69) is 19.9 Å². The van der Waals surface area contributed by atoms with Gasteiger partial charge in [0.2, 0.25) is 0 Å². The molecule has 9 heteroatoms. The lowest BCUT2D eigenvalue weighted by Gasteiger charge is -2.06. The summed E-state index contributed by atoms with van der Waals surface area (Å²) in [5.41, 5.74) is 1.83. The van der Waals surface area contributed by atoms with Gasteiger partial charge in [-0.3, -0.25) is 4.79 Å². The number of nitrogens with zero attached hydrogens (tertiary/aromatic N) is 2. The molecule has 0 aliphatic heterocycles. The number of nitrogens with one attached hydrogen (secondary N) is 3. The van der Waals surface area contributed by atoms with E-state index in [9.17, 15) is 18.0 Å². The molecule has 1 amide bonds. The molecule has 0 bridgehead atoms. The van der Waals surface area contributed by atoms with Gasteiger partial charge >= 0.3 is 6.18 Å². The van der Waals surface area contributed by atoms with Crippen molar-refractivity contribution in [1.82, 2.24) is 25.3 Å². The molecule has 0 saturated carbocycles. The van der Waals surface area contributed by atoms with Crippen molar-refractivity contribution in [3.05, 3.63) is 36.5 Å². The molecule has 0 fully saturated rings. The number of carbonyl (C=O) groups excluding carboxylic acids is 1. The molecule has 0 atom stereocenters. The number of halogens is 3. The molecule has 3 heterocycles. The average Bonchev–Trinajstić information content (AvgIpc) is 3.12. The summed E-state index contributed by atoms with van der Waals surface area (Å²) in [5, 5.41) is 2.56. The normalized spacial score (nSPS) is 11.8. The van der Waals surface area contributed by atoms with Gasteiger partial charge in [0.1, 0.15) is 24.2 Å². The van der Waals surface area contributed by atoms with Crippen LogP contribution in [0.3, 0.4) is 0 Å². The highest BCUT2D eigenvalue weighted by molar-refractivity contribution is 5.96. The number of amides is 1. The molecule has 6 nitrogen and oxygen atoms in total. The maximum atomic E-state index is 12.1. The third kappa shape index (κ3) is 2.78. The molecule has 0 aliphatic carbocycles. The molecule has 0 unspecified atom stereocenters. The predicted octanol–water partition coefficient (Wildman–Crippen LogP) is 2.74. The molecular weight excluding hydrogens is 299 g/mol. The van der Waals surface area contributed by atoms with E-state index >= 15 is 0 Å². The van der Waals surface area contributed by atoms with Gasteiger partial charge in [0.25, 0.3) is 5.91 Å². The van der Waals surface area contributed by atoms with Gasteiger partial charge in [0.15, 0.2) is 0 Å². The summed E-state index contributed by atoms with van der Waals surface area (Å²) in [5.74, 6) is -0.831. The van der Waals surface area contributed by atoms with Crippen LogP contribution in [0.5, 0.6) is 0 Å². The molecular formula is C13H14F3N5O. The van der Waals surface area contributed by atoms with Crippen molar-refractivity contribution in [2.75, 3.05) is 6.54 Å². The third-order valence-corrected chi connectivity index (χ3v) is 3.00. The molecule has 0 aliphatic rings. The Hall–Kier alpha value is -2.84. The highest BCUT2D eigenvalue weighted by Gasteiger charge is 2.28. The Labute approximate surface area is 124 Å². The first-order chi connectivity index (χ1) is 10.4. The van der Waals surface area contributed by atoms with Gasteiger partial charge in [0.05, 0.1) is 5.69 Å². The summed E-state index contributed by atoms with van der Waals surface area (Å²) in [6, 6.07) is 3.22. The third-order valence-electron chi connectivity index (χ3n) is 3.00. The monoisotopic (exact) mass is 313 g/mol. The molecule has 0 spiro atoms. The number of aromatic amines is 2. The average molecular weight is 313 g/mol. The van der Waals surface area contributed by atoms with Crippen molar-refractivity contribution in [1.29, 1.82) is 0 Å². The van der Waals surface area contributed by atoms with E-state index in [0.717, 1.165) is 5.39 Å². The first-order valence-corrected chi connectivity index (χ1v) is 6.26. The number of carbonyl (C=O) groups is 1.